The van der Waals surface area contributed by atoms with Crippen molar-refractivity contribution < 1.29 is 14.3 Å². The third-order valence-corrected chi connectivity index (χ3v) is 4.19. The average molecular weight is 374 g/mol. The van der Waals surface area contributed by atoms with Gasteiger partial charge in [-0.25, -0.2) is 0 Å². The molecule has 0 aliphatic rings. The van der Waals surface area contributed by atoms with Gasteiger partial charge >= 0.3 is 5.97 Å². The van der Waals surface area contributed by atoms with Gasteiger partial charge in [0.25, 0.3) is 0 Å². The molecule has 0 N–H and O–H groups in total. The monoisotopic (exact) mass is 373 g/mol. The van der Waals surface area contributed by atoms with Crippen LogP contribution in [0.3, 0.4) is 0 Å². The van der Waals surface area contributed by atoms with Crippen LogP contribution in [0.4, 0.5) is 0 Å². The molecule has 2 rings (SSSR count). The third-order valence-electron chi connectivity index (χ3n) is 3.94. The summed E-state index contributed by atoms with van der Waals surface area (Å²) in [6.07, 6.45) is 2.04. The van der Waals surface area contributed by atoms with E-state index in [1.165, 1.54) is 0 Å². The molecular weight excluding hydrogens is 350 g/mol. The molecule has 0 saturated carbocycles. The summed E-state index contributed by atoms with van der Waals surface area (Å²) in [7, 11) is 1.93. The van der Waals surface area contributed by atoms with Gasteiger partial charge in [0.2, 0.25) is 0 Å². The Hall–Kier alpha value is -2.30. The molecule has 26 heavy (non-hydrogen) atoms. The lowest BCUT2D eigenvalue weighted by atomic mass is 10.2. The van der Waals surface area contributed by atoms with E-state index in [1.54, 1.807) is 30.3 Å². The van der Waals surface area contributed by atoms with E-state index >= 15 is 0 Å². The van der Waals surface area contributed by atoms with Gasteiger partial charge in [-0.15, -0.1) is 6.58 Å². The van der Waals surface area contributed by atoms with Crippen molar-refractivity contribution in [1.82, 2.24) is 4.90 Å². The van der Waals surface area contributed by atoms with E-state index < -0.39 is 0 Å². The van der Waals surface area contributed by atoms with Crippen molar-refractivity contribution in [2.75, 3.05) is 20.2 Å². The minimum atomic E-state index is -0.255. The van der Waals surface area contributed by atoms with Crippen molar-refractivity contribution in [3.05, 3.63) is 77.8 Å². The molecule has 0 bridgehead atoms. The molecule has 0 heterocycles. The largest absolute Gasteiger partial charge is 0.492 e. The van der Waals surface area contributed by atoms with Gasteiger partial charge in [0.05, 0.1) is 12.5 Å². The summed E-state index contributed by atoms with van der Waals surface area (Å²) in [6, 6.07) is 16.7. The number of halogens is 1. The molecule has 2 aromatic rings. The molecule has 0 aromatic heterocycles. The molecule has 4 nitrogen and oxygen atoms in total. The van der Waals surface area contributed by atoms with Crippen molar-refractivity contribution in [3.63, 3.8) is 0 Å². The number of esters is 1. The van der Waals surface area contributed by atoms with Crippen LogP contribution in [0.5, 0.6) is 5.75 Å². The van der Waals surface area contributed by atoms with Crippen molar-refractivity contribution in [2.45, 2.75) is 19.1 Å². The highest BCUT2D eigenvalue weighted by atomic mass is 35.5. The van der Waals surface area contributed by atoms with Crippen molar-refractivity contribution in [1.29, 1.82) is 0 Å². The molecule has 0 aliphatic heterocycles. The Kier molecular flexibility index (Phi) is 8.19. The van der Waals surface area contributed by atoms with Crippen LogP contribution in [0.2, 0.25) is 5.02 Å². The maximum Gasteiger partial charge on any atom is 0.307 e. The fourth-order valence-electron chi connectivity index (χ4n) is 2.41. The molecule has 5 heteroatoms. The molecule has 1 unspecified atom stereocenters. The number of hydrogen-bond acceptors (Lipinski definition) is 4. The van der Waals surface area contributed by atoms with Crippen LogP contribution in [0.15, 0.2) is 67.3 Å². The average Bonchev–Trinajstić information content (AvgIpc) is 2.65. The zero-order chi connectivity index (χ0) is 18.8. The molecule has 138 valence electrons. The van der Waals surface area contributed by atoms with E-state index in [0.717, 1.165) is 5.56 Å². The normalized spacial score (nSPS) is 11.8. The number of carbonyl (C=O) groups is 1. The number of rotatable bonds is 10. The summed E-state index contributed by atoms with van der Waals surface area (Å²) in [4.78, 5) is 14.3. The van der Waals surface area contributed by atoms with Crippen LogP contribution in [0.25, 0.3) is 0 Å². The van der Waals surface area contributed by atoms with Gasteiger partial charge in [0.15, 0.2) is 0 Å². The van der Waals surface area contributed by atoms with Gasteiger partial charge in [-0.2, -0.15) is 0 Å². The first-order valence-electron chi connectivity index (χ1n) is 8.47. The number of hydrogen-bond donors (Lipinski definition) is 0. The Morgan fingerprint density at radius 1 is 1.19 bits per heavy atom. The summed E-state index contributed by atoms with van der Waals surface area (Å²) < 4.78 is 11.2. The number of carbonyl (C=O) groups excluding carboxylic acids is 1. The predicted molar refractivity (Wildman–Crippen MR) is 104 cm³/mol. The second-order valence-electron chi connectivity index (χ2n) is 6.00. The molecule has 2 aromatic carbocycles. The fraction of sp³-hybridized carbons (Fsp3) is 0.286. The maximum atomic E-state index is 12.2. The second kappa shape index (κ2) is 10.6. The van der Waals surface area contributed by atoms with E-state index in [0.29, 0.717) is 23.9 Å². The first-order valence-corrected chi connectivity index (χ1v) is 8.85. The van der Waals surface area contributed by atoms with E-state index in [9.17, 15) is 4.79 Å². The third kappa shape index (κ3) is 6.90. The number of benzene rings is 2. The van der Waals surface area contributed by atoms with E-state index in [4.69, 9.17) is 21.1 Å². The lowest BCUT2D eigenvalue weighted by Gasteiger charge is -2.26. The summed E-state index contributed by atoms with van der Waals surface area (Å²) in [5, 5.41) is 0.655. The number of likely N-dealkylation sites (N-methyl/N-ethyl adjacent to an activating group) is 1. The fourth-order valence-corrected chi connectivity index (χ4v) is 2.53. The minimum absolute atomic E-state index is 0.119. The smallest absolute Gasteiger partial charge is 0.307 e. The number of ether oxygens (including phenoxy) is 2. The highest BCUT2D eigenvalue weighted by Crippen LogP contribution is 2.17. The standard InChI is InChI=1S/C21H24ClNO3/c1-3-13-23(2)19(16-25-20-11-9-18(22)10-12-20)14-21(24)26-15-17-7-5-4-6-8-17/h3-12,19H,1,13-16H2,2H3. The Morgan fingerprint density at radius 2 is 1.88 bits per heavy atom. The minimum Gasteiger partial charge on any atom is -0.492 e. The molecule has 0 saturated heterocycles. The topological polar surface area (TPSA) is 38.8 Å². The van der Waals surface area contributed by atoms with E-state index in [-0.39, 0.29) is 25.0 Å². The Morgan fingerprint density at radius 3 is 2.54 bits per heavy atom. The molecule has 0 radical (unpaired) electrons. The van der Waals surface area contributed by atoms with Crippen molar-refractivity contribution in [3.8, 4) is 5.75 Å². The molecular formula is C21H24ClNO3. The lowest BCUT2D eigenvalue weighted by molar-refractivity contribution is -0.146. The molecule has 0 fully saturated rings. The predicted octanol–water partition coefficient (Wildman–Crippen LogP) is 4.34. The van der Waals surface area contributed by atoms with Gasteiger partial charge in [0, 0.05) is 11.6 Å². The molecule has 0 spiro atoms. The Bertz CT molecular complexity index is 688. The van der Waals surface area contributed by atoms with Crippen molar-refractivity contribution in [2.24, 2.45) is 0 Å². The van der Waals surface area contributed by atoms with Crippen LogP contribution < -0.4 is 4.74 Å². The van der Waals surface area contributed by atoms with E-state index in [2.05, 4.69) is 6.58 Å². The summed E-state index contributed by atoms with van der Waals surface area (Å²) in [6.45, 7) is 5.05. The molecule has 1 atom stereocenters. The maximum absolute atomic E-state index is 12.2. The zero-order valence-corrected chi connectivity index (χ0v) is 15.7. The molecule has 0 amide bonds. The van der Waals surface area contributed by atoms with E-state index in [1.807, 2.05) is 42.3 Å². The first-order chi connectivity index (χ1) is 12.6. The van der Waals surface area contributed by atoms with Gasteiger partial charge in [0.1, 0.15) is 19.0 Å². The zero-order valence-electron chi connectivity index (χ0n) is 14.9. The SMILES string of the molecule is C=CCN(C)C(COc1ccc(Cl)cc1)CC(=O)OCc1ccccc1. The Labute approximate surface area is 160 Å². The summed E-state index contributed by atoms with van der Waals surface area (Å²) >= 11 is 5.88. The van der Waals surface area contributed by atoms with Crippen LogP contribution in [-0.4, -0.2) is 37.1 Å². The van der Waals surface area contributed by atoms with Crippen LogP contribution in [-0.2, 0) is 16.1 Å². The van der Waals surface area contributed by atoms with Gasteiger partial charge < -0.3 is 9.47 Å². The van der Waals surface area contributed by atoms with Gasteiger partial charge in [-0.1, -0.05) is 48.0 Å². The summed E-state index contributed by atoms with van der Waals surface area (Å²) in [5.41, 5.74) is 0.967. The lowest BCUT2D eigenvalue weighted by Crippen LogP contribution is -2.38. The Balaban J connectivity index is 1.89. The highest BCUT2D eigenvalue weighted by Gasteiger charge is 2.20. The first kappa shape index (κ1) is 20.0. The number of nitrogens with zero attached hydrogens (tertiary/aromatic N) is 1. The quantitative estimate of drug-likeness (QED) is 0.458. The highest BCUT2D eigenvalue weighted by molar-refractivity contribution is 6.30. The second-order valence-corrected chi connectivity index (χ2v) is 6.43. The molecule has 0 aliphatic carbocycles. The van der Waals surface area contributed by atoms with Crippen LogP contribution >= 0.6 is 11.6 Å². The van der Waals surface area contributed by atoms with Crippen LogP contribution in [0.1, 0.15) is 12.0 Å². The van der Waals surface area contributed by atoms with Gasteiger partial charge in [-0.3, -0.25) is 9.69 Å². The van der Waals surface area contributed by atoms with Crippen molar-refractivity contribution >= 4 is 17.6 Å². The van der Waals surface area contributed by atoms with Crippen LogP contribution in [0, 0.1) is 0 Å². The van der Waals surface area contributed by atoms with Gasteiger partial charge in [-0.05, 0) is 36.9 Å². The summed E-state index contributed by atoms with van der Waals surface area (Å²) in [5.74, 6) is 0.457.